The molecule has 0 amide bonds. The van der Waals surface area contributed by atoms with E-state index in [0.717, 1.165) is 5.57 Å². The fraction of sp³-hybridized carbons (Fsp3) is 0.750. The summed E-state index contributed by atoms with van der Waals surface area (Å²) in [6, 6.07) is 0. The monoisotopic (exact) mass is 130 g/mol. The smallest absolute Gasteiger partial charge is 0.119 e. The minimum Gasteiger partial charge on any atom is -0.243 e. The van der Waals surface area contributed by atoms with Crippen LogP contribution in [-0.4, -0.2) is 6.17 Å². The van der Waals surface area contributed by atoms with E-state index in [4.69, 9.17) is 0 Å². The Balaban J connectivity index is 4.01. The zero-order valence-electron chi connectivity index (χ0n) is 6.61. The second-order valence-corrected chi connectivity index (χ2v) is 2.56. The van der Waals surface area contributed by atoms with E-state index in [1.54, 1.807) is 6.92 Å². The molecule has 0 aromatic carbocycles. The summed E-state index contributed by atoms with van der Waals surface area (Å²) in [5.74, 6) is 0.343. The van der Waals surface area contributed by atoms with E-state index in [-0.39, 0.29) is 0 Å². The molecule has 0 saturated heterocycles. The molecule has 0 rings (SSSR count). The number of halogens is 1. The zero-order chi connectivity index (χ0) is 7.44. The first-order valence-electron chi connectivity index (χ1n) is 3.39. The third-order valence-electron chi connectivity index (χ3n) is 1.46. The van der Waals surface area contributed by atoms with Crippen molar-refractivity contribution in [2.45, 2.75) is 33.9 Å². The topological polar surface area (TPSA) is 0 Å². The van der Waals surface area contributed by atoms with Gasteiger partial charge in [0.15, 0.2) is 0 Å². The summed E-state index contributed by atoms with van der Waals surface area (Å²) in [4.78, 5) is 0. The predicted octanol–water partition coefficient (Wildman–Crippen LogP) is 2.95. The van der Waals surface area contributed by atoms with Gasteiger partial charge in [-0.05, 0) is 25.3 Å². The van der Waals surface area contributed by atoms with Crippen LogP contribution in [0.2, 0.25) is 0 Å². The molecule has 0 bridgehead atoms. The zero-order valence-corrected chi connectivity index (χ0v) is 6.61. The number of hydrogen-bond donors (Lipinski definition) is 0. The lowest BCUT2D eigenvalue weighted by atomic mass is 10.00. The molecule has 1 atom stereocenters. The molecule has 0 heterocycles. The van der Waals surface area contributed by atoms with Crippen molar-refractivity contribution in [3.63, 3.8) is 0 Å². The van der Waals surface area contributed by atoms with Gasteiger partial charge in [-0.1, -0.05) is 19.9 Å². The van der Waals surface area contributed by atoms with Crippen LogP contribution in [0.25, 0.3) is 0 Å². The van der Waals surface area contributed by atoms with Gasteiger partial charge in [-0.15, -0.1) is 0 Å². The summed E-state index contributed by atoms with van der Waals surface area (Å²) in [6.07, 6.45) is 1.07. The van der Waals surface area contributed by atoms with Crippen LogP contribution in [0.3, 0.4) is 0 Å². The molecule has 54 valence electrons. The van der Waals surface area contributed by atoms with Gasteiger partial charge in [0.2, 0.25) is 0 Å². The maximum absolute atomic E-state index is 12.5. The normalized spacial score (nSPS) is 16.4. The first-order valence-corrected chi connectivity index (χ1v) is 3.39. The molecular formula is C8H15F. The second kappa shape index (κ2) is 3.65. The summed E-state index contributed by atoms with van der Waals surface area (Å²) in [5, 5.41) is 0. The molecule has 0 aliphatic rings. The fourth-order valence-corrected chi connectivity index (χ4v) is 1.02. The summed E-state index contributed by atoms with van der Waals surface area (Å²) in [7, 11) is 0. The molecule has 0 radical (unpaired) electrons. The number of hydrogen-bond acceptors (Lipinski definition) is 0. The minimum absolute atomic E-state index is 0.343. The lowest BCUT2D eigenvalue weighted by Gasteiger charge is -2.10. The van der Waals surface area contributed by atoms with Gasteiger partial charge in [0, 0.05) is 0 Å². The summed E-state index contributed by atoms with van der Waals surface area (Å²) < 4.78 is 12.5. The molecule has 0 saturated carbocycles. The van der Waals surface area contributed by atoms with Crippen LogP contribution in [0.1, 0.15) is 27.7 Å². The van der Waals surface area contributed by atoms with Crippen LogP contribution in [-0.2, 0) is 0 Å². The molecule has 9 heavy (non-hydrogen) atoms. The van der Waals surface area contributed by atoms with Gasteiger partial charge in [-0.25, -0.2) is 4.39 Å². The third kappa shape index (κ3) is 2.64. The Hall–Kier alpha value is -0.330. The van der Waals surface area contributed by atoms with Crippen molar-refractivity contribution in [2.75, 3.05) is 0 Å². The van der Waals surface area contributed by atoms with Crippen LogP contribution in [0, 0.1) is 5.92 Å². The van der Waals surface area contributed by atoms with Gasteiger partial charge in [0.05, 0.1) is 0 Å². The summed E-state index contributed by atoms with van der Waals surface area (Å²) in [6.45, 7) is 7.47. The van der Waals surface area contributed by atoms with Crippen LogP contribution in [0.4, 0.5) is 4.39 Å². The number of rotatable bonds is 2. The molecular weight excluding hydrogens is 115 g/mol. The molecule has 0 aliphatic carbocycles. The molecule has 0 aliphatic heterocycles. The Morgan fingerprint density at radius 1 is 1.33 bits per heavy atom. The van der Waals surface area contributed by atoms with Crippen molar-refractivity contribution in [1.29, 1.82) is 0 Å². The van der Waals surface area contributed by atoms with Crippen molar-refractivity contribution in [3.8, 4) is 0 Å². The Morgan fingerprint density at radius 3 is 1.78 bits per heavy atom. The average Bonchev–Trinajstić information content (AvgIpc) is 1.64. The minimum atomic E-state index is -0.782. The fourth-order valence-electron chi connectivity index (χ4n) is 1.02. The number of allylic oxidation sites excluding steroid dienone is 2. The molecule has 1 heteroatoms. The Bertz CT molecular complexity index is 91.1. The highest BCUT2D eigenvalue weighted by molar-refractivity contribution is 5.07. The highest BCUT2D eigenvalue weighted by atomic mass is 19.1. The van der Waals surface area contributed by atoms with Gasteiger partial charge in [-0.2, -0.15) is 0 Å². The molecule has 1 unspecified atom stereocenters. The number of alkyl halides is 1. The standard InChI is InChI=1S/C8H15F/c1-5-8(6(2)3)7(4)9/h5-7H,1-4H3. The first-order chi connectivity index (χ1) is 4.09. The van der Waals surface area contributed by atoms with Crippen LogP contribution in [0.15, 0.2) is 11.6 Å². The average molecular weight is 130 g/mol. The molecule has 0 N–H and O–H groups in total. The SMILES string of the molecule is CC=C(C(C)C)C(C)F. The maximum Gasteiger partial charge on any atom is 0.119 e. The Kier molecular flexibility index (Phi) is 3.52. The van der Waals surface area contributed by atoms with Crippen molar-refractivity contribution in [1.82, 2.24) is 0 Å². The summed E-state index contributed by atoms with van der Waals surface area (Å²) in [5.41, 5.74) is 0.898. The van der Waals surface area contributed by atoms with Gasteiger partial charge in [0.25, 0.3) is 0 Å². The molecule has 0 spiro atoms. The largest absolute Gasteiger partial charge is 0.243 e. The Morgan fingerprint density at radius 2 is 1.78 bits per heavy atom. The van der Waals surface area contributed by atoms with Crippen molar-refractivity contribution in [2.24, 2.45) is 5.92 Å². The van der Waals surface area contributed by atoms with E-state index in [2.05, 4.69) is 0 Å². The van der Waals surface area contributed by atoms with Gasteiger partial charge >= 0.3 is 0 Å². The molecule has 0 aromatic heterocycles. The molecule has 0 fully saturated rings. The Labute approximate surface area is 56.8 Å². The molecule has 0 nitrogen and oxygen atoms in total. The van der Waals surface area contributed by atoms with Crippen molar-refractivity contribution < 1.29 is 4.39 Å². The second-order valence-electron chi connectivity index (χ2n) is 2.56. The quantitative estimate of drug-likeness (QED) is 0.504. The van der Waals surface area contributed by atoms with E-state index in [1.807, 2.05) is 26.8 Å². The van der Waals surface area contributed by atoms with Crippen molar-refractivity contribution in [3.05, 3.63) is 11.6 Å². The first kappa shape index (κ1) is 8.67. The predicted molar refractivity (Wildman–Crippen MR) is 39.2 cm³/mol. The van der Waals surface area contributed by atoms with E-state index < -0.39 is 6.17 Å². The lowest BCUT2D eigenvalue weighted by molar-refractivity contribution is 0.386. The van der Waals surface area contributed by atoms with E-state index in [0.29, 0.717) is 5.92 Å². The van der Waals surface area contributed by atoms with Crippen LogP contribution < -0.4 is 0 Å². The maximum atomic E-state index is 12.5. The lowest BCUT2D eigenvalue weighted by Crippen LogP contribution is -2.04. The van der Waals surface area contributed by atoms with E-state index >= 15 is 0 Å². The van der Waals surface area contributed by atoms with Gasteiger partial charge < -0.3 is 0 Å². The molecule has 0 aromatic rings. The highest BCUT2D eigenvalue weighted by Gasteiger charge is 2.08. The van der Waals surface area contributed by atoms with E-state index in [1.165, 1.54) is 0 Å². The third-order valence-corrected chi connectivity index (χ3v) is 1.46. The van der Waals surface area contributed by atoms with Crippen molar-refractivity contribution >= 4 is 0 Å². The summed E-state index contributed by atoms with van der Waals surface area (Å²) >= 11 is 0. The van der Waals surface area contributed by atoms with Gasteiger partial charge in [0.1, 0.15) is 6.17 Å². The van der Waals surface area contributed by atoms with Crippen LogP contribution >= 0.6 is 0 Å². The highest BCUT2D eigenvalue weighted by Crippen LogP contribution is 2.15. The van der Waals surface area contributed by atoms with Crippen LogP contribution in [0.5, 0.6) is 0 Å². The van der Waals surface area contributed by atoms with Gasteiger partial charge in [-0.3, -0.25) is 0 Å². The van der Waals surface area contributed by atoms with E-state index in [9.17, 15) is 4.39 Å².